The standard InChI is InChI=1S/C38H50N4O8S2/c1-2-3-4-5-6-7-8-9-10-11-12-13-14-15-19-22-34-37(40-39-30-23-26-33(27-24-30)51(44,45)46)38(43)42(41-34)31-25-28-35(36(29-31)52(47,48)49)50-32-20-17-16-18-21-32/h16-18,20-21,23-29,37H,2-15,19,22H2,1H3,(H,44,45,46)(H,47,48,49)/p-1. The second-order valence-corrected chi connectivity index (χ2v) is 15.8. The number of unbranched alkanes of at least 4 members (excludes halogenated alkanes) is 14. The van der Waals surface area contributed by atoms with Crippen molar-refractivity contribution in [2.45, 2.75) is 125 Å². The zero-order valence-electron chi connectivity index (χ0n) is 29.7. The summed E-state index contributed by atoms with van der Waals surface area (Å²) in [5.74, 6) is -0.370. The first-order chi connectivity index (χ1) is 25.0. The first-order valence-electron chi connectivity index (χ1n) is 18.2. The van der Waals surface area contributed by atoms with Crippen LogP contribution in [0.4, 0.5) is 11.4 Å². The molecule has 1 unspecified atom stereocenters. The van der Waals surface area contributed by atoms with Crippen LogP contribution in [0.2, 0.25) is 0 Å². The number of hydrogen-bond acceptors (Lipinski definition) is 10. The molecule has 12 nitrogen and oxygen atoms in total. The molecule has 282 valence electrons. The number of azo groups is 1. The molecule has 0 fully saturated rings. The third kappa shape index (κ3) is 12.9. The van der Waals surface area contributed by atoms with E-state index >= 15 is 0 Å². The second kappa shape index (κ2) is 20.3. The topological polar surface area (TPSA) is 178 Å². The van der Waals surface area contributed by atoms with Crippen molar-refractivity contribution < 1.29 is 35.5 Å². The van der Waals surface area contributed by atoms with E-state index in [1.165, 1.54) is 94.9 Å². The second-order valence-electron chi connectivity index (χ2n) is 13.0. The first kappa shape index (κ1) is 40.8. The number of hydrazone groups is 1. The molecule has 0 saturated carbocycles. The molecule has 0 aliphatic carbocycles. The van der Waals surface area contributed by atoms with Crippen molar-refractivity contribution in [1.82, 2.24) is 0 Å². The Morgan fingerprint density at radius 1 is 0.769 bits per heavy atom. The number of amides is 1. The van der Waals surface area contributed by atoms with Crippen molar-refractivity contribution in [2.24, 2.45) is 15.3 Å². The summed E-state index contributed by atoms with van der Waals surface area (Å²) in [6.07, 6.45) is 18.6. The van der Waals surface area contributed by atoms with Crippen LogP contribution in [0.5, 0.6) is 11.5 Å². The molecular weight excluding hydrogens is 705 g/mol. The Morgan fingerprint density at radius 3 is 1.87 bits per heavy atom. The summed E-state index contributed by atoms with van der Waals surface area (Å²) in [6.45, 7) is 2.24. The highest BCUT2D eigenvalue weighted by atomic mass is 32.2. The fourth-order valence-corrected chi connectivity index (χ4v) is 7.09. The number of nitrogens with zero attached hydrogens (tertiary/aromatic N) is 4. The van der Waals surface area contributed by atoms with Crippen LogP contribution in [-0.2, 0) is 25.0 Å². The minimum atomic E-state index is -4.77. The smallest absolute Gasteiger partial charge is 0.298 e. The van der Waals surface area contributed by atoms with E-state index in [4.69, 9.17) is 4.74 Å². The quantitative estimate of drug-likeness (QED) is 0.0565. The summed E-state index contributed by atoms with van der Waals surface area (Å²) >= 11 is 0. The lowest BCUT2D eigenvalue weighted by Crippen LogP contribution is -2.30. The molecule has 4 rings (SSSR count). The zero-order valence-corrected chi connectivity index (χ0v) is 31.4. The normalized spacial score (nSPS) is 15.1. The molecule has 0 radical (unpaired) electrons. The van der Waals surface area contributed by atoms with Gasteiger partial charge in [0, 0.05) is 0 Å². The molecule has 1 aliphatic heterocycles. The summed E-state index contributed by atoms with van der Waals surface area (Å²) in [6, 6.07) is 16.1. The molecule has 1 amide bonds. The molecule has 3 aromatic carbocycles. The van der Waals surface area contributed by atoms with Gasteiger partial charge in [0.25, 0.3) is 16.0 Å². The maximum atomic E-state index is 13.7. The van der Waals surface area contributed by atoms with Gasteiger partial charge >= 0.3 is 0 Å². The van der Waals surface area contributed by atoms with Gasteiger partial charge in [-0.1, -0.05) is 115 Å². The first-order valence-corrected chi connectivity index (χ1v) is 21.0. The van der Waals surface area contributed by atoms with Gasteiger partial charge in [-0.2, -0.15) is 28.8 Å². The predicted octanol–water partition coefficient (Wildman–Crippen LogP) is 9.75. The lowest BCUT2D eigenvalue weighted by molar-refractivity contribution is -0.117. The Labute approximate surface area is 307 Å². The van der Waals surface area contributed by atoms with E-state index < -0.39 is 42.0 Å². The molecule has 3 aromatic rings. The minimum Gasteiger partial charge on any atom is -0.744 e. The molecule has 1 atom stereocenters. The summed E-state index contributed by atoms with van der Waals surface area (Å²) in [7, 11) is -9.41. The monoisotopic (exact) mass is 753 g/mol. The number of ether oxygens (including phenoxy) is 1. The van der Waals surface area contributed by atoms with Crippen molar-refractivity contribution in [3.63, 3.8) is 0 Å². The van der Waals surface area contributed by atoms with Crippen molar-refractivity contribution >= 4 is 43.2 Å². The zero-order chi connectivity index (χ0) is 37.4. The molecule has 0 saturated heterocycles. The lowest BCUT2D eigenvalue weighted by Gasteiger charge is -2.15. The van der Waals surface area contributed by atoms with E-state index in [9.17, 15) is 30.7 Å². The van der Waals surface area contributed by atoms with Crippen LogP contribution in [0, 0.1) is 0 Å². The van der Waals surface area contributed by atoms with Crippen LogP contribution in [0.25, 0.3) is 0 Å². The molecule has 0 aromatic heterocycles. The highest BCUT2D eigenvalue weighted by molar-refractivity contribution is 7.86. The van der Waals surface area contributed by atoms with E-state index in [1.54, 1.807) is 30.3 Å². The Hall–Kier alpha value is -3.98. The van der Waals surface area contributed by atoms with Crippen LogP contribution >= 0.6 is 0 Å². The van der Waals surface area contributed by atoms with E-state index in [1.807, 2.05) is 0 Å². The average molecular weight is 754 g/mol. The fraction of sp³-hybridized carbons (Fsp3) is 0.474. The van der Waals surface area contributed by atoms with E-state index in [0.29, 0.717) is 17.9 Å². The Kier molecular flexibility index (Phi) is 15.9. The van der Waals surface area contributed by atoms with Gasteiger partial charge in [-0.15, -0.1) is 0 Å². The van der Waals surface area contributed by atoms with Gasteiger partial charge in [0.15, 0.2) is 6.04 Å². The number of carbonyl (C=O) groups is 1. The van der Waals surface area contributed by atoms with Crippen molar-refractivity contribution in [3.05, 3.63) is 72.8 Å². The van der Waals surface area contributed by atoms with Crippen molar-refractivity contribution in [2.75, 3.05) is 5.01 Å². The molecule has 52 heavy (non-hydrogen) atoms. The van der Waals surface area contributed by atoms with Crippen LogP contribution in [0.3, 0.4) is 0 Å². The highest BCUT2D eigenvalue weighted by Gasteiger charge is 2.37. The van der Waals surface area contributed by atoms with Crippen molar-refractivity contribution in [3.8, 4) is 11.5 Å². The number of carbonyl (C=O) groups excluding carboxylic acids is 1. The van der Waals surface area contributed by atoms with E-state index in [0.717, 1.165) is 48.9 Å². The molecule has 0 bridgehead atoms. The molecule has 1 N–H and O–H groups in total. The highest BCUT2D eigenvalue weighted by Crippen LogP contribution is 2.34. The lowest BCUT2D eigenvalue weighted by atomic mass is 10.0. The largest absolute Gasteiger partial charge is 0.744 e. The Morgan fingerprint density at radius 2 is 1.33 bits per heavy atom. The maximum absolute atomic E-state index is 13.7. The Balaban J connectivity index is 1.39. The third-order valence-electron chi connectivity index (χ3n) is 8.86. The number of para-hydroxylation sites is 1. The van der Waals surface area contributed by atoms with Gasteiger partial charge in [0.2, 0.25) is 0 Å². The maximum Gasteiger partial charge on any atom is 0.298 e. The van der Waals surface area contributed by atoms with Crippen LogP contribution in [-0.4, -0.2) is 43.6 Å². The van der Waals surface area contributed by atoms with Crippen LogP contribution in [0.1, 0.15) is 110 Å². The van der Waals surface area contributed by atoms with Gasteiger partial charge in [-0.05, 0) is 67.4 Å². The van der Waals surface area contributed by atoms with Gasteiger partial charge in [0.05, 0.1) is 22.0 Å². The summed E-state index contributed by atoms with van der Waals surface area (Å²) < 4.78 is 74.4. The summed E-state index contributed by atoms with van der Waals surface area (Å²) in [5, 5.41) is 13.9. The van der Waals surface area contributed by atoms with Gasteiger partial charge in [-0.25, -0.2) is 8.42 Å². The Bertz CT molecular complexity index is 1870. The third-order valence-corrected chi connectivity index (χ3v) is 10.6. The number of anilines is 1. The van der Waals surface area contributed by atoms with Crippen LogP contribution in [0.15, 0.2) is 97.9 Å². The summed E-state index contributed by atoms with van der Waals surface area (Å²) in [5.41, 5.74) is 0.732. The number of rotatable bonds is 23. The van der Waals surface area contributed by atoms with Gasteiger partial charge in [0.1, 0.15) is 26.5 Å². The molecule has 1 heterocycles. The SMILES string of the molecule is CCCCCCCCCCCCCCCCCC1=NN(c2ccc(Oc3ccccc3)c(S(=O)(=O)O)c2)C(=O)C1N=Nc1ccc(S(=O)(=O)[O-])cc1. The fourth-order valence-electron chi connectivity index (χ4n) is 5.99. The average Bonchev–Trinajstić information content (AvgIpc) is 3.43. The molecular formula is C38H49N4O8S2-. The van der Waals surface area contributed by atoms with Crippen LogP contribution < -0.4 is 9.75 Å². The molecule has 0 spiro atoms. The summed E-state index contributed by atoms with van der Waals surface area (Å²) in [4.78, 5) is 12.8. The van der Waals surface area contributed by atoms with Gasteiger partial charge in [-0.3, -0.25) is 9.35 Å². The van der Waals surface area contributed by atoms with E-state index in [-0.39, 0.29) is 17.1 Å². The molecule has 1 aliphatic rings. The minimum absolute atomic E-state index is 0.0785. The van der Waals surface area contributed by atoms with Gasteiger partial charge < -0.3 is 9.29 Å². The number of hydrogen-bond donors (Lipinski definition) is 1. The number of benzene rings is 3. The molecule has 14 heteroatoms. The predicted molar refractivity (Wildman–Crippen MR) is 200 cm³/mol. The van der Waals surface area contributed by atoms with Crippen molar-refractivity contribution in [1.29, 1.82) is 0 Å². The van der Waals surface area contributed by atoms with E-state index in [2.05, 4.69) is 22.3 Å².